The number of alkyl halides is 3. The van der Waals surface area contributed by atoms with Crippen molar-refractivity contribution in [2.75, 3.05) is 25.5 Å². The van der Waals surface area contributed by atoms with Crippen LogP contribution in [0.5, 0.6) is 0 Å². The van der Waals surface area contributed by atoms with Crippen LogP contribution in [0.25, 0.3) is 0 Å². The van der Waals surface area contributed by atoms with Gasteiger partial charge in [0.05, 0.1) is 29.6 Å². The number of benzene rings is 1. The lowest BCUT2D eigenvalue weighted by atomic mass is 9.93. The van der Waals surface area contributed by atoms with Gasteiger partial charge in [0, 0.05) is 35.9 Å². The fourth-order valence-corrected chi connectivity index (χ4v) is 7.21. The Morgan fingerprint density at radius 1 is 1.20 bits per heavy atom. The summed E-state index contributed by atoms with van der Waals surface area (Å²) in [5.74, 6) is -1.75. The van der Waals surface area contributed by atoms with Crippen LogP contribution in [0.2, 0.25) is 0 Å². The Morgan fingerprint density at radius 3 is 2.53 bits per heavy atom. The van der Waals surface area contributed by atoms with Crippen molar-refractivity contribution in [2.45, 2.75) is 81.9 Å². The molecule has 1 aromatic rings. The fourth-order valence-electron chi connectivity index (χ4n) is 6.23. The molecule has 246 valence electrons. The summed E-state index contributed by atoms with van der Waals surface area (Å²) in [6, 6.07) is 3.13. The second-order valence-corrected chi connectivity index (χ2v) is 13.7. The number of aliphatic imine (C=N–C) groups is 1. The molecule has 2 aliphatic carbocycles. The van der Waals surface area contributed by atoms with Gasteiger partial charge in [0.15, 0.2) is 0 Å². The predicted octanol–water partition coefficient (Wildman–Crippen LogP) is 6.82. The maximum absolute atomic E-state index is 13.6. The van der Waals surface area contributed by atoms with Gasteiger partial charge in [-0.2, -0.15) is 13.2 Å². The van der Waals surface area contributed by atoms with Crippen LogP contribution < -0.4 is 10.6 Å². The molecule has 8 nitrogen and oxygen atoms in total. The summed E-state index contributed by atoms with van der Waals surface area (Å²) >= 11 is 1.42. The molecule has 45 heavy (non-hydrogen) atoms. The lowest BCUT2D eigenvalue weighted by molar-refractivity contribution is -0.140. The van der Waals surface area contributed by atoms with Crippen molar-refractivity contribution in [1.82, 2.24) is 10.2 Å². The topological polar surface area (TPSA) is 100 Å². The zero-order chi connectivity index (χ0) is 32.9. The van der Waals surface area contributed by atoms with E-state index in [9.17, 15) is 27.6 Å². The summed E-state index contributed by atoms with van der Waals surface area (Å²) < 4.78 is 46.4. The number of hydrogen-bond donors (Lipinski definition) is 2. The summed E-state index contributed by atoms with van der Waals surface area (Å²) in [5.41, 5.74) is -1.00. The quantitative estimate of drug-likeness (QED) is 0.181. The first-order chi connectivity index (χ1) is 21.3. The number of nitrogens with zero attached hydrogens (tertiary/aromatic N) is 2. The monoisotopic (exact) mass is 648 g/mol. The van der Waals surface area contributed by atoms with Crippen LogP contribution in [0, 0.1) is 17.8 Å². The molecule has 0 radical (unpaired) electrons. The maximum Gasteiger partial charge on any atom is 0.416 e. The Labute approximate surface area is 267 Å². The second kappa shape index (κ2) is 14.4. The van der Waals surface area contributed by atoms with Crippen LogP contribution in [0.4, 0.5) is 23.7 Å². The zero-order valence-corrected chi connectivity index (χ0v) is 26.9. The number of unbranched alkanes of at least 4 members (excludes halogenated alkanes) is 2. The highest BCUT2D eigenvalue weighted by Gasteiger charge is 2.54. The summed E-state index contributed by atoms with van der Waals surface area (Å²) in [7, 11) is 1.70. The number of rotatable bonds is 13. The summed E-state index contributed by atoms with van der Waals surface area (Å²) in [6.07, 6.45) is 1.52. The molecule has 3 amide bonds. The Balaban J connectivity index is 1.50. The van der Waals surface area contributed by atoms with E-state index in [1.807, 2.05) is 26.0 Å². The minimum absolute atomic E-state index is 0.0663. The average molecular weight is 649 g/mol. The lowest BCUT2D eigenvalue weighted by Gasteiger charge is -2.26. The second-order valence-electron chi connectivity index (χ2n) is 12.3. The van der Waals surface area contributed by atoms with Gasteiger partial charge in [0.1, 0.15) is 11.1 Å². The van der Waals surface area contributed by atoms with Gasteiger partial charge in [0.25, 0.3) is 0 Å². The van der Waals surface area contributed by atoms with Crippen molar-refractivity contribution in [3.8, 4) is 0 Å². The molecule has 3 aliphatic rings. The molecule has 2 N–H and O–H groups in total. The molecule has 0 aromatic heterocycles. The largest absolute Gasteiger partial charge is 0.446 e. The van der Waals surface area contributed by atoms with E-state index in [0.29, 0.717) is 30.1 Å². The van der Waals surface area contributed by atoms with Gasteiger partial charge in [-0.3, -0.25) is 19.9 Å². The van der Waals surface area contributed by atoms with Crippen molar-refractivity contribution in [3.05, 3.63) is 54.6 Å². The first-order valence-corrected chi connectivity index (χ1v) is 16.4. The fraction of sp³-hybridized carbons (Fsp3) is 0.576. The van der Waals surface area contributed by atoms with Crippen LogP contribution in [-0.2, 0) is 20.5 Å². The van der Waals surface area contributed by atoms with Crippen LogP contribution in [0.3, 0.4) is 0 Å². The van der Waals surface area contributed by atoms with E-state index in [2.05, 4.69) is 28.8 Å². The highest BCUT2D eigenvalue weighted by Crippen LogP contribution is 2.48. The number of hydrogen-bond acceptors (Lipinski definition) is 6. The van der Waals surface area contributed by atoms with Crippen molar-refractivity contribution < 1.29 is 32.3 Å². The molecule has 1 unspecified atom stereocenters. The molecular formula is C33H43F3N4O4S. The van der Waals surface area contributed by atoms with E-state index in [1.54, 1.807) is 11.9 Å². The number of thioether (sulfide) groups is 1. The van der Waals surface area contributed by atoms with Gasteiger partial charge < -0.3 is 15.0 Å². The van der Waals surface area contributed by atoms with Crippen LogP contribution in [-0.4, -0.2) is 64.9 Å². The predicted molar refractivity (Wildman–Crippen MR) is 171 cm³/mol. The summed E-state index contributed by atoms with van der Waals surface area (Å²) in [5, 5.41) is 6.33. The SMILES string of the molecule is C=CCCCCN(C)C(=O)[C@@H]1C[C@H](OC(=O)Nc2cc(C(F)(F)F)ccc2C2=NCC(C)S2)C[C@H]1C(=O)N[C@]1(CC)C[C@H]1C=C. The maximum atomic E-state index is 13.6. The number of allylic oxidation sites excluding steroid dienone is 1. The van der Waals surface area contributed by atoms with Crippen LogP contribution in [0.1, 0.15) is 69.9 Å². The van der Waals surface area contributed by atoms with Crippen LogP contribution >= 0.6 is 11.8 Å². The smallest absolute Gasteiger partial charge is 0.416 e. The molecular weight excluding hydrogens is 605 g/mol. The minimum Gasteiger partial charge on any atom is -0.446 e. The number of amides is 3. The third-order valence-electron chi connectivity index (χ3n) is 9.02. The average Bonchev–Trinajstić information content (AvgIpc) is 3.26. The number of carbonyl (C=O) groups excluding carboxylic acids is 3. The van der Waals surface area contributed by atoms with E-state index in [0.717, 1.165) is 37.8 Å². The third-order valence-corrected chi connectivity index (χ3v) is 10.1. The molecule has 1 aliphatic heterocycles. The normalized spacial score (nSPS) is 27.3. The van der Waals surface area contributed by atoms with Gasteiger partial charge in [-0.15, -0.1) is 24.9 Å². The Hall–Kier alpha value is -3.28. The third kappa shape index (κ3) is 8.31. The number of halogens is 3. The standard InChI is InChI=1S/C33H43F3N4O4S/c1-6-9-10-11-14-40(5)30(42)26-17-23(16-25(26)28(41)39-32(8-3)18-21(32)7-2)44-31(43)38-27-15-22(33(34,35)36)12-13-24(27)29-37-19-20(4)45-29/h6-7,12-13,15,20-21,23,25-26H,1-2,8-11,14,16-19H2,3-5H3,(H,38,43)(H,39,41)/t20?,21-,23-,25-,26-,32-/m1/s1. The van der Waals surface area contributed by atoms with E-state index in [4.69, 9.17) is 4.74 Å². The first-order valence-electron chi connectivity index (χ1n) is 15.5. The highest BCUT2D eigenvalue weighted by atomic mass is 32.2. The van der Waals surface area contributed by atoms with Crippen molar-refractivity contribution >= 4 is 40.4 Å². The zero-order valence-electron chi connectivity index (χ0n) is 26.1. The molecule has 12 heteroatoms. The summed E-state index contributed by atoms with van der Waals surface area (Å²) in [4.78, 5) is 46.4. The Morgan fingerprint density at radius 2 is 1.93 bits per heavy atom. The molecule has 4 rings (SSSR count). The number of anilines is 1. The number of nitrogens with one attached hydrogen (secondary N) is 2. The Bertz CT molecular complexity index is 1340. The van der Waals surface area contributed by atoms with Gasteiger partial charge in [0.2, 0.25) is 11.8 Å². The molecule has 2 saturated carbocycles. The Kier molecular flexibility index (Phi) is 11.1. The van der Waals surface area contributed by atoms with E-state index in [-0.39, 0.29) is 41.5 Å². The van der Waals surface area contributed by atoms with Gasteiger partial charge in [-0.05, 0) is 63.1 Å². The first kappa shape index (κ1) is 34.6. The molecule has 2 fully saturated rings. The molecule has 0 bridgehead atoms. The summed E-state index contributed by atoms with van der Waals surface area (Å²) in [6.45, 7) is 12.6. The lowest BCUT2D eigenvalue weighted by Crippen LogP contribution is -2.45. The van der Waals surface area contributed by atoms with Gasteiger partial charge in [-0.25, -0.2) is 4.79 Å². The molecule has 0 spiro atoms. The van der Waals surface area contributed by atoms with Crippen LogP contribution in [0.15, 0.2) is 48.5 Å². The van der Waals surface area contributed by atoms with Crippen molar-refractivity contribution in [3.63, 3.8) is 0 Å². The van der Waals surface area contributed by atoms with Gasteiger partial charge >= 0.3 is 12.3 Å². The molecule has 6 atom stereocenters. The van der Waals surface area contributed by atoms with E-state index in [1.165, 1.54) is 17.8 Å². The van der Waals surface area contributed by atoms with Crippen molar-refractivity contribution in [2.24, 2.45) is 22.7 Å². The highest BCUT2D eigenvalue weighted by molar-refractivity contribution is 8.15. The minimum atomic E-state index is -4.61. The number of carbonyl (C=O) groups is 3. The number of ether oxygens (including phenoxy) is 1. The molecule has 1 heterocycles. The molecule has 0 saturated heterocycles. The molecule has 1 aromatic carbocycles. The van der Waals surface area contributed by atoms with E-state index < -0.39 is 41.3 Å². The van der Waals surface area contributed by atoms with Gasteiger partial charge in [-0.1, -0.05) is 26.0 Å². The van der Waals surface area contributed by atoms with Crippen molar-refractivity contribution in [1.29, 1.82) is 0 Å². The van der Waals surface area contributed by atoms with E-state index >= 15 is 0 Å².